The van der Waals surface area contributed by atoms with Crippen LogP contribution in [0.5, 0.6) is 0 Å². The molecule has 0 radical (unpaired) electrons. The van der Waals surface area contributed by atoms with Crippen LogP contribution in [-0.2, 0) is 32.7 Å². The molecule has 50 valence electrons. The van der Waals surface area contributed by atoms with Gasteiger partial charge in [-0.05, 0) is 0 Å². The first-order valence-corrected chi connectivity index (χ1v) is 2.36. The SMILES string of the molecule is C.[CH2-]C.[CH2-]C.[CH2-]S.[Y+3]. The van der Waals surface area contributed by atoms with Gasteiger partial charge in [0.05, 0.1) is 0 Å². The maximum absolute atomic E-state index is 3.28. The van der Waals surface area contributed by atoms with E-state index >= 15 is 0 Å². The number of thiol groups is 1. The molecular formula is C6H17SY. The summed E-state index contributed by atoms with van der Waals surface area (Å²) in [5.74, 6) is 0. The summed E-state index contributed by atoms with van der Waals surface area (Å²) in [6, 6.07) is 0. The van der Waals surface area contributed by atoms with Crippen molar-refractivity contribution in [2.45, 2.75) is 21.3 Å². The first kappa shape index (κ1) is 34.1. The fourth-order valence-electron chi connectivity index (χ4n) is 0. The monoisotopic (exact) mass is 210 g/mol. The van der Waals surface area contributed by atoms with Crippen LogP contribution in [0.3, 0.4) is 0 Å². The molecule has 0 nitrogen and oxygen atoms in total. The van der Waals surface area contributed by atoms with E-state index in [1.165, 1.54) is 0 Å². The van der Waals surface area contributed by atoms with E-state index in [0.717, 1.165) is 0 Å². The van der Waals surface area contributed by atoms with Crippen molar-refractivity contribution in [3.05, 3.63) is 20.1 Å². The van der Waals surface area contributed by atoms with Gasteiger partial charge in [-0.15, -0.1) is 0 Å². The molecule has 0 spiro atoms. The third kappa shape index (κ3) is 147. The molecule has 0 aromatic rings. The van der Waals surface area contributed by atoms with Gasteiger partial charge in [-0.3, -0.25) is 6.26 Å². The molecule has 0 heterocycles. The van der Waals surface area contributed by atoms with Crippen LogP contribution in [0, 0.1) is 20.1 Å². The van der Waals surface area contributed by atoms with E-state index in [2.05, 4.69) is 32.7 Å². The van der Waals surface area contributed by atoms with Gasteiger partial charge in [0.25, 0.3) is 0 Å². The molecule has 0 N–H and O–H groups in total. The average molecular weight is 210 g/mol. The van der Waals surface area contributed by atoms with Gasteiger partial charge in [0.2, 0.25) is 0 Å². The minimum Gasteiger partial charge on any atom is -0.372 e. The predicted molar refractivity (Wildman–Crippen MR) is 43.1 cm³/mol. The Morgan fingerprint density at radius 1 is 0.875 bits per heavy atom. The maximum atomic E-state index is 3.28. The smallest absolute Gasteiger partial charge is 0.372 e. The summed E-state index contributed by atoms with van der Waals surface area (Å²) in [6.45, 7) is 10.0. The van der Waals surface area contributed by atoms with E-state index in [-0.39, 0.29) is 40.1 Å². The molecular weight excluding hydrogens is 193 g/mol. The summed E-state index contributed by atoms with van der Waals surface area (Å²) in [4.78, 5) is 0. The molecule has 0 saturated carbocycles. The molecule has 0 aliphatic heterocycles. The Morgan fingerprint density at radius 2 is 0.875 bits per heavy atom. The van der Waals surface area contributed by atoms with Gasteiger partial charge in [-0.25, -0.2) is 0 Å². The van der Waals surface area contributed by atoms with Crippen LogP contribution in [0.2, 0.25) is 0 Å². The average Bonchev–Trinajstić information content (AvgIpc) is 1.81. The summed E-state index contributed by atoms with van der Waals surface area (Å²) >= 11 is 3.28. The molecule has 8 heavy (non-hydrogen) atoms. The van der Waals surface area contributed by atoms with E-state index in [0.29, 0.717) is 0 Å². The minimum absolute atomic E-state index is 0. The van der Waals surface area contributed by atoms with E-state index in [9.17, 15) is 0 Å². The Labute approximate surface area is 86.1 Å². The van der Waals surface area contributed by atoms with Crippen LogP contribution in [0.15, 0.2) is 0 Å². The van der Waals surface area contributed by atoms with Gasteiger partial charge in [0.1, 0.15) is 0 Å². The normalized spacial score (nSPS) is 2.25. The molecule has 0 aromatic heterocycles. The van der Waals surface area contributed by atoms with Crippen molar-refractivity contribution in [3.8, 4) is 0 Å². The van der Waals surface area contributed by atoms with Crippen molar-refractivity contribution in [1.29, 1.82) is 0 Å². The van der Waals surface area contributed by atoms with Crippen molar-refractivity contribution in [1.82, 2.24) is 0 Å². The summed E-state index contributed by atoms with van der Waals surface area (Å²) in [5.41, 5.74) is 0. The van der Waals surface area contributed by atoms with E-state index in [1.54, 1.807) is 13.8 Å². The van der Waals surface area contributed by atoms with Gasteiger partial charge in [0, 0.05) is 0 Å². The molecule has 0 atom stereocenters. The number of hydrogen-bond acceptors (Lipinski definition) is 1. The zero-order valence-electron chi connectivity index (χ0n) is 5.15. The molecule has 0 amide bonds. The number of rotatable bonds is 0. The Kier molecular flexibility index (Phi) is 946. The summed E-state index contributed by atoms with van der Waals surface area (Å²) < 4.78 is 0. The van der Waals surface area contributed by atoms with Crippen molar-refractivity contribution < 1.29 is 32.7 Å². The van der Waals surface area contributed by atoms with Crippen LogP contribution < -0.4 is 0 Å². The molecule has 0 unspecified atom stereocenters. The third-order valence-corrected chi connectivity index (χ3v) is 0. The van der Waals surface area contributed by atoms with E-state index in [1.807, 2.05) is 0 Å². The molecule has 0 rings (SSSR count). The van der Waals surface area contributed by atoms with Gasteiger partial charge in [-0.2, -0.15) is 13.8 Å². The van der Waals surface area contributed by atoms with Gasteiger partial charge in [-0.1, -0.05) is 7.43 Å². The van der Waals surface area contributed by atoms with Crippen LogP contribution in [-0.4, -0.2) is 0 Å². The second-order valence-corrected chi connectivity index (χ2v) is 0. The first-order valence-electron chi connectivity index (χ1n) is 1.73. The first-order chi connectivity index (χ1) is 3.00. The molecule has 0 aliphatic carbocycles. The largest absolute Gasteiger partial charge is 3.00 e. The molecule has 0 aromatic carbocycles. The third-order valence-electron chi connectivity index (χ3n) is 0. The second kappa shape index (κ2) is 222. The molecule has 0 fully saturated rings. The number of hydrogen-bond donors (Lipinski definition) is 1. The van der Waals surface area contributed by atoms with E-state index < -0.39 is 0 Å². The van der Waals surface area contributed by atoms with Crippen LogP contribution in [0.4, 0.5) is 0 Å². The van der Waals surface area contributed by atoms with Crippen molar-refractivity contribution in [2.75, 3.05) is 0 Å². The van der Waals surface area contributed by atoms with Crippen molar-refractivity contribution in [3.63, 3.8) is 0 Å². The van der Waals surface area contributed by atoms with Gasteiger partial charge < -0.3 is 26.5 Å². The topological polar surface area (TPSA) is 0 Å². The van der Waals surface area contributed by atoms with Crippen LogP contribution in [0.1, 0.15) is 21.3 Å². The van der Waals surface area contributed by atoms with Crippen LogP contribution >= 0.6 is 12.6 Å². The second-order valence-electron chi connectivity index (χ2n) is 0. The predicted octanol–water partition coefficient (Wildman–Crippen LogP) is 3.02. The molecule has 0 aliphatic rings. The van der Waals surface area contributed by atoms with Crippen molar-refractivity contribution in [2.24, 2.45) is 0 Å². The van der Waals surface area contributed by atoms with Crippen LogP contribution in [0.25, 0.3) is 0 Å². The van der Waals surface area contributed by atoms with Gasteiger partial charge >= 0.3 is 32.7 Å². The standard InChI is InChI=1S/2C2H5.CH3S.CH4.Y/c3*1-2;;/h2*1H2,2H3;2H,1H2;1H4;/q3*-1;;+3. The molecule has 0 bridgehead atoms. The summed E-state index contributed by atoms with van der Waals surface area (Å²) in [5, 5.41) is 0. The Morgan fingerprint density at radius 3 is 0.875 bits per heavy atom. The van der Waals surface area contributed by atoms with Crippen molar-refractivity contribution >= 4 is 12.6 Å². The minimum atomic E-state index is 0. The zero-order chi connectivity index (χ0) is 6.00. The summed E-state index contributed by atoms with van der Waals surface area (Å²) in [6.07, 6.45) is 2.94. The molecule has 0 saturated heterocycles. The Balaban J connectivity index is -0.00000000500. The molecule has 2 heteroatoms. The van der Waals surface area contributed by atoms with Gasteiger partial charge in [0.15, 0.2) is 0 Å². The zero-order valence-corrected chi connectivity index (χ0v) is 8.88. The maximum Gasteiger partial charge on any atom is 3.00 e. The quantitative estimate of drug-likeness (QED) is 0.461. The summed E-state index contributed by atoms with van der Waals surface area (Å²) in [7, 11) is 0. The Hall–Kier alpha value is 1.45. The fourth-order valence-corrected chi connectivity index (χ4v) is 0. The van der Waals surface area contributed by atoms with E-state index in [4.69, 9.17) is 0 Å². The Bertz CT molecular complexity index is 8.49. The fraction of sp³-hybridized carbons (Fsp3) is 0.500.